The molecule has 116 valence electrons. The van der Waals surface area contributed by atoms with Crippen molar-refractivity contribution in [3.05, 3.63) is 29.6 Å². The van der Waals surface area contributed by atoms with Crippen molar-refractivity contribution in [1.29, 1.82) is 0 Å². The lowest BCUT2D eigenvalue weighted by Gasteiger charge is -2.21. The van der Waals surface area contributed by atoms with Crippen LogP contribution < -0.4 is 10.6 Å². The van der Waals surface area contributed by atoms with Crippen LogP contribution in [0.25, 0.3) is 0 Å². The molecule has 0 bridgehead atoms. The third-order valence-corrected chi connectivity index (χ3v) is 3.68. The maximum atomic E-state index is 12.1. The molecular weight excluding hydrogens is 282 g/mol. The first kappa shape index (κ1) is 14.6. The zero-order valence-electron chi connectivity index (χ0n) is 12.5. The number of piperidine rings is 1. The Balaban J connectivity index is 1.60. The van der Waals surface area contributed by atoms with Gasteiger partial charge < -0.3 is 5.32 Å². The molecular formula is C14H19N7O. The highest BCUT2D eigenvalue weighted by atomic mass is 16.2. The Labute approximate surface area is 128 Å². The first-order valence-electron chi connectivity index (χ1n) is 7.44. The van der Waals surface area contributed by atoms with Gasteiger partial charge in [-0.05, 0) is 56.1 Å². The summed E-state index contributed by atoms with van der Waals surface area (Å²) in [6, 6.07) is 5.28. The van der Waals surface area contributed by atoms with E-state index in [2.05, 4.69) is 31.0 Å². The summed E-state index contributed by atoms with van der Waals surface area (Å²) >= 11 is 0. The van der Waals surface area contributed by atoms with Gasteiger partial charge in [0.15, 0.2) is 0 Å². The molecule has 0 unspecified atom stereocenters. The monoisotopic (exact) mass is 301 g/mol. The van der Waals surface area contributed by atoms with Gasteiger partial charge in [-0.3, -0.25) is 10.1 Å². The number of rotatable bonds is 4. The van der Waals surface area contributed by atoms with Crippen LogP contribution in [-0.4, -0.2) is 44.2 Å². The molecule has 2 aromatic heterocycles. The number of anilines is 1. The van der Waals surface area contributed by atoms with Gasteiger partial charge in [-0.25, -0.2) is 4.98 Å². The van der Waals surface area contributed by atoms with Crippen LogP contribution in [0.5, 0.6) is 0 Å². The van der Waals surface area contributed by atoms with Crippen molar-refractivity contribution in [3.63, 3.8) is 0 Å². The summed E-state index contributed by atoms with van der Waals surface area (Å²) in [6.07, 6.45) is 2.22. The molecule has 22 heavy (non-hydrogen) atoms. The molecule has 0 saturated carbocycles. The Kier molecular flexibility index (Phi) is 4.38. The number of nitrogens with one attached hydrogen (secondary N) is 2. The second-order valence-corrected chi connectivity index (χ2v) is 5.48. The summed E-state index contributed by atoms with van der Waals surface area (Å²) in [7, 11) is 0. The maximum absolute atomic E-state index is 12.1. The normalized spacial score (nSPS) is 15.7. The van der Waals surface area contributed by atoms with E-state index in [9.17, 15) is 4.79 Å². The number of hydrogen-bond donors (Lipinski definition) is 2. The molecule has 1 amide bonds. The number of nitrogens with zero attached hydrogens (tertiary/aromatic N) is 5. The van der Waals surface area contributed by atoms with Crippen LogP contribution in [0, 0.1) is 12.8 Å². The average molecular weight is 301 g/mol. The van der Waals surface area contributed by atoms with Gasteiger partial charge in [-0.15, -0.1) is 5.10 Å². The molecule has 3 heterocycles. The number of carbonyl (C=O) groups is 1. The van der Waals surface area contributed by atoms with Gasteiger partial charge in [0.25, 0.3) is 11.9 Å². The molecule has 0 aromatic carbocycles. The Morgan fingerprint density at radius 2 is 2.23 bits per heavy atom. The molecule has 2 aromatic rings. The Bertz CT molecular complexity index is 648. The number of amides is 1. The minimum Gasteiger partial charge on any atom is -0.317 e. The van der Waals surface area contributed by atoms with Crippen molar-refractivity contribution in [1.82, 2.24) is 30.5 Å². The van der Waals surface area contributed by atoms with Crippen molar-refractivity contribution < 1.29 is 4.79 Å². The second kappa shape index (κ2) is 6.61. The van der Waals surface area contributed by atoms with Crippen LogP contribution in [0.4, 0.5) is 5.95 Å². The number of hydrogen-bond acceptors (Lipinski definition) is 6. The first-order chi connectivity index (χ1) is 10.7. The van der Waals surface area contributed by atoms with Crippen molar-refractivity contribution in [2.24, 2.45) is 5.92 Å². The van der Waals surface area contributed by atoms with Crippen LogP contribution >= 0.6 is 0 Å². The van der Waals surface area contributed by atoms with Crippen molar-refractivity contribution >= 4 is 11.9 Å². The predicted octanol–water partition coefficient (Wildman–Crippen LogP) is 0.628. The molecule has 2 N–H and O–H groups in total. The highest BCUT2D eigenvalue weighted by Crippen LogP contribution is 2.13. The van der Waals surface area contributed by atoms with Gasteiger partial charge >= 0.3 is 0 Å². The van der Waals surface area contributed by atoms with Crippen LogP contribution in [0.1, 0.15) is 29.0 Å². The van der Waals surface area contributed by atoms with Gasteiger partial charge in [0, 0.05) is 5.69 Å². The van der Waals surface area contributed by atoms with Crippen molar-refractivity contribution in [2.45, 2.75) is 26.3 Å². The fourth-order valence-corrected chi connectivity index (χ4v) is 2.50. The lowest BCUT2D eigenvalue weighted by molar-refractivity contribution is 0.102. The lowest BCUT2D eigenvalue weighted by atomic mass is 9.99. The largest absolute Gasteiger partial charge is 0.317 e. The molecule has 0 atom stereocenters. The van der Waals surface area contributed by atoms with Crippen LogP contribution in [-0.2, 0) is 6.54 Å². The van der Waals surface area contributed by atoms with E-state index < -0.39 is 0 Å². The van der Waals surface area contributed by atoms with E-state index in [1.807, 2.05) is 13.0 Å². The number of aromatic nitrogens is 5. The summed E-state index contributed by atoms with van der Waals surface area (Å²) < 4.78 is 0. The standard InChI is InChI=1S/C14H19N7O/c1-10-3-2-4-12(16-10)13(22)17-14-18-20-21(19-14)9-11-5-7-15-8-6-11/h2-4,11,15H,5-9H2,1H3,(H,17,19,22). The topological polar surface area (TPSA) is 97.6 Å². The van der Waals surface area contributed by atoms with E-state index in [0.29, 0.717) is 11.6 Å². The molecule has 0 spiro atoms. The molecule has 0 radical (unpaired) electrons. The SMILES string of the molecule is Cc1cccc(C(=O)Nc2nnn(CC3CCNCC3)n2)n1. The zero-order chi connectivity index (χ0) is 15.4. The Hall–Kier alpha value is -2.35. The summed E-state index contributed by atoms with van der Waals surface area (Å²) in [5, 5.41) is 18.0. The molecule has 1 fully saturated rings. The minimum atomic E-state index is -0.329. The molecule has 8 nitrogen and oxygen atoms in total. The molecule has 1 saturated heterocycles. The van der Waals surface area contributed by atoms with Crippen molar-refractivity contribution in [2.75, 3.05) is 18.4 Å². The minimum absolute atomic E-state index is 0.210. The maximum Gasteiger partial charge on any atom is 0.276 e. The van der Waals surface area contributed by atoms with E-state index in [0.717, 1.165) is 38.2 Å². The molecule has 0 aliphatic carbocycles. The predicted molar refractivity (Wildman–Crippen MR) is 80.3 cm³/mol. The Morgan fingerprint density at radius 3 is 3.00 bits per heavy atom. The van der Waals surface area contributed by atoms with Gasteiger partial charge in [-0.1, -0.05) is 11.2 Å². The molecule has 8 heteroatoms. The van der Waals surface area contributed by atoms with Gasteiger partial charge in [0.2, 0.25) is 0 Å². The number of tetrazole rings is 1. The first-order valence-corrected chi connectivity index (χ1v) is 7.44. The van der Waals surface area contributed by atoms with E-state index in [-0.39, 0.29) is 11.9 Å². The van der Waals surface area contributed by atoms with Crippen LogP contribution in [0.3, 0.4) is 0 Å². The lowest BCUT2D eigenvalue weighted by Crippen LogP contribution is -2.30. The molecule has 3 rings (SSSR count). The zero-order valence-corrected chi connectivity index (χ0v) is 12.5. The molecule has 1 aliphatic heterocycles. The fourth-order valence-electron chi connectivity index (χ4n) is 2.50. The van der Waals surface area contributed by atoms with Gasteiger partial charge in [-0.2, -0.15) is 4.80 Å². The quantitative estimate of drug-likeness (QED) is 0.859. The van der Waals surface area contributed by atoms with Crippen LogP contribution in [0.2, 0.25) is 0 Å². The smallest absolute Gasteiger partial charge is 0.276 e. The number of pyridine rings is 1. The highest BCUT2D eigenvalue weighted by Gasteiger charge is 2.16. The van der Waals surface area contributed by atoms with E-state index in [4.69, 9.17) is 0 Å². The van der Waals surface area contributed by atoms with Crippen LogP contribution in [0.15, 0.2) is 18.2 Å². The van der Waals surface area contributed by atoms with E-state index >= 15 is 0 Å². The van der Waals surface area contributed by atoms with Gasteiger partial charge in [0.05, 0.1) is 6.54 Å². The third kappa shape index (κ3) is 3.64. The summed E-state index contributed by atoms with van der Waals surface area (Å²) in [5.41, 5.74) is 1.13. The van der Waals surface area contributed by atoms with E-state index in [1.54, 1.807) is 16.9 Å². The Morgan fingerprint density at radius 1 is 1.41 bits per heavy atom. The third-order valence-electron chi connectivity index (χ3n) is 3.68. The van der Waals surface area contributed by atoms with Gasteiger partial charge in [0.1, 0.15) is 5.69 Å². The molecule has 1 aliphatic rings. The summed E-state index contributed by atoms with van der Waals surface area (Å²) in [6.45, 7) is 4.63. The van der Waals surface area contributed by atoms with Crippen molar-refractivity contribution in [3.8, 4) is 0 Å². The summed E-state index contributed by atoms with van der Waals surface area (Å²) in [4.78, 5) is 17.8. The number of carbonyl (C=O) groups excluding carboxylic acids is 1. The number of aryl methyl sites for hydroxylation is 1. The highest BCUT2D eigenvalue weighted by molar-refractivity contribution is 6.01. The van der Waals surface area contributed by atoms with E-state index in [1.165, 1.54) is 0 Å². The fraction of sp³-hybridized carbons (Fsp3) is 0.500. The average Bonchev–Trinajstić information content (AvgIpc) is 2.95. The second-order valence-electron chi connectivity index (χ2n) is 5.48. The summed E-state index contributed by atoms with van der Waals surface area (Å²) in [5.74, 6) is 0.435.